The van der Waals surface area contributed by atoms with E-state index in [1.54, 1.807) is 65.8 Å². The molecule has 26 heteroatoms. The smallest absolute Gasteiger partial charge is 0.410 e. The summed E-state index contributed by atoms with van der Waals surface area (Å²) in [5, 5.41) is 15.5. The second kappa shape index (κ2) is 28.6. The van der Waals surface area contributed by atoms with Crippen molar-refractivity contribution in [2.24, 2.45) is 22.2 Å². The average molecular weight is 1490 g/mol. The van der Waals surface area contributed by atoms with Crippen molar-refractivity contribution in [3.8, 4) is 0 Å². The molecule has 489 valence electrons. The Labute approximate surface area is 557 Å². The van der Waals surface area contributed by atoms with Gasteiger partial charge in [0, 0.05) is 80.5 Å². The Hall–Kier alpha value is -6.80. The maximum absolute atomic E-state index is 14.3. The SMILES string of the molecule is CC(C)(C)OC(=O)N[C@H]1CCCCC/C=C\C2CC23N=C(OC3=O)[C@@H]2C[C@@H](OC(=O)N3Cc4cccc(F)c4C3)CN2C1=O.CC(C)(C)OC(=O)N[C@H]1CCCCC/C=C\[C@@H]2C[C@@]2(C(=O)O)CC(=O)[C@@H]2C[C@@H](OC(=O)N3Cc4cccc(F)c4C3)CN2C1=O.[3H][B][3H].[U]. The molecular weight excluding hydrogens is 1410 g/mol. The van der Waals surface area contributed by atoms with Gasteiger partial charge in [-0.3, -0.25) is 29.0 Å². The van der Waals surface area contributed by atoms with Gasteiger partial charge in [-0.25, -0.2) is 37.7 Å². The molecule has 22 nitrogen and oxygen atoms in total. The number of ether oxygens (including phenoxy) is 5. The van der Waals surface area contributed by atoms with E-state index in [-0.39, 0.29) is 113 Å². The maximum atomic E-state index is 14.3. The first-order chi connectivity index (χ1) is 43.6. The summed E-state index contributed by atoms with van der Waals surface area (Å²) >= 11 is 0. The predicted molar refractivity (Wildman–Crippen MR) is 324 cm³/mol. The predicted octanol–water partition coefficient (Wildman–Crippen LogP) is 8.17. The number of nitrogens with one attached hydrogen (secondary N) is 2. The standard InChI is InChI=1S/C33H42FN3O8.C32H39FN4O7.BH2.U/c1-32(2,3)45-30(42)35-25-13-8-6-4-5-7-11-21-15-33(21,29(40)41)16-27(38)26-14-22(18-37(26)28(25)39)44-31(43)36-17-20-10-9-12-24(34)23(20)19-36;1-31(2,3)44-29(40)34-24-13-8-6-4-5-7-11-20-15-32(20)28(39)43-26(35-32)25-14-21(17-37(25)27(24)38)42-30(41)36-16-19-10-9-12-23(33)22(19)18-36;;/h7,9-12,21-22,25-26H,4-6,8,13-19H2,1-3H3,(H,35,42)(H,40,41);7,9-12,20-21,24-25H,4-6,8,13-18H2,1-3H3,(H,34,40);1H2;/b2*11-7-;;/t21-,22-,25+,26+,33-;20?,21-,24+,25+,32?;;/m11../s1/i;;1T2;. The molecule has 2 aromatic carbocycles. The Bertz CT molecular complexity index is 3280. The van der Waals surface area contributed by atoms with Crippen LogP contribution in [0.3, 0.4) is 0 Å². The average Bonchev–Trinajstić information content (AvgIpc) is 1.57. The molecule has 4 fully saturated rings. The van der Waals surface area contributed by atoms with E-state index in [2.05, 4.69) is 16.7 Å². The van der Waals surface area contributed by atoms with Gasteiger partial charge < -0.3 is 49.2 Å². The van der Waals surface area contributed by atoms with Crippen molar-refractivity contribution in [3.05, 3.63) is 94.6 Å². The minimum atomic E-state index is -1.24. The number of fused-ring (bicyclic) bond motifs is 6. The molecule has 7 heterocycles. The number of carbonyl (C=O) groups excluding carboxylic acids is 8. The number of hydrogen-bond donors (Lipinski definition) is 3. The largest absolute Gasteiger partial charge is 0.481 e. The van der Waals surface area contributed by atoms with E-state index in [9.17, 15) is 57.0 Å². The Morgan fingerprint density at radius 2 is 1.15 bits per heavy atom. The Balaban J connectivity index is 0.000000227. The Morgan fingerprint density at radius 1 is 0.681 bits per heavy atom. The number of hydrogen-bond acceptors (Lipinski definition) is 15. The van der Waals surface area contributed by atoms with Gasteiger partial charge in [0.25, 0.3) is 0 Å². The topological polar surface area (TPSA) is 269 Å². The van der Waals surface area contributed by atoms with Crippen LogP contribution in [0.15, 0.2) is 65.7 Å². The van der Waals surface area contributed by atoms with E-state index in [0.717, 1.165) is 44.1 Å². The molecule has 6 amide bonds. The van der Waals surface area contributed by atoms with Crippen LogP contribution in [0.25, 0.3) is 0 Å². The molecule has 2 aliphatic carbocycles. The number of nitrogens with zero attached hydrogens (tertiary/aromatic N) is 5. The van der Waals surface area contributed by atoms with Crippen LogP contribution < -0.4 is 10.6 Å². The van der Waals surface area contributed by atoms with Crippen LogP contribution in [0.4, 0.5) is 28.0 Å². The molecule has 9 aliphatic rings. The summed E-state index contributed by atoms with van der Waals surface area (Å²) in [7, 11) is 0.500. The summed E-state index contributed by atoms with van der Waals surface area (Å²) < 4.78 is 68.3. The zero-order chi connectivity index (χ0) is 66.5. The van der Waals surface area contributed by atoms with Crippen molar-refractivity contribution in [3.63, 3.8) is 0 Å². The van der Waals surface area contributed by atoms with Crippen molar-refractivity contribution < 1.29 is 112 Å². The van der Waals surface area contributed by atoms with Gasteiger partial charge in [0.1, 0.15) is 53.2 Å². The zero-order valence-corrected chi connectivity index (χ0v) is 56.6. The molecule has 2 unspecified atom stereocenters. The molecule has 3 N–H and O–H groups in total. The van der Waals surface area contributed by atoms with Gasteiger partial charge in [0.15, 0.2) is 11.3 Å². The van der Waals surface area contributed by atoms with Crippen molar-refractivity contribution in [1.82, 2.24) is 30.2 Å². The number of esters is 1. The van der Waals surface area contributed by atoms with Crippen LogP contribution in [0, 0.1) is 60.0 Å². The normalized spacial score (nSPS) is 29.5. The molecule has 11 rings (SSSR count). The van der Waals surface area contributed by atoms with E-state index in [1.807, 2.05) is 18.2 Å². The third-order valence-electron chi connectivity index (χ3n) is 18.0. The first kappa shape index (κ1) is 67.1. The minimum Gasteiger partial charge on any atom is -0.481 e. The fourth-order valence-electron chi connectivity index (χ4n) is 13.2. The number of Topliss-reactive ketones (excluding diaryl/α,β-unsaturated/α-hetero) is 1. The fourth-order valence-corrected chi connectivity index (χ4v) is 13.2. The molecule has 7 aliphatic heterocycles. The number of alkyl carbamates (subject to hydrolysis) is 2. The number of carbonyl (C=O) groups is 9. The molecule has 2 saturated heterocycles. The number of amides is 6. The third kappa shape index (κ3) is 16.3. The number of benzene rings is 2. The van der Waals surface area contributed by atoms with E-state index in [0.29, 0.717) is 63.6 Å². The zero-order valence-electron chi connectivity index (χ0n) is 54.5. The third-order valence-corrected chi connectivity index (χ3v) is 18.0. The fraction of sp³-hybridized carbons (Fsp3) is 0.600. The number of ketones is 1. The number of carboxylic acid groups (broad SMARTS) is 1. The van der Waals surface area contributed by atoms with Crippen molar-refractivity contribution >= 4 is 68.1 Å². The molecule has 0 aromatic heterocycles. The molecule has 91 heavy (non-hydrogen) atoms. The molecule has 10 atom stereocenters. The van der Waals surface area contributed by atoms with Crippen molar-refractivity contribution in [2.45, 2.75) is 217 Å². The van der Waals surface area contributed by atoms with Gasteiger partial charge in [0.2, 0.25) is 17.7 Å². The number of halogens is 2. The van der Waals surface area contributed by atoms with Crippen LogP contribution in [-0.2, 0) is 73.8 Å². The summed E-state index contributed by atoms with van der Waals surface area (Å²) in [4.78, 5) is 130. The van der Waals surface area contributed by atoms with Gasteiger partial charge in [-0.05, 0) is 125 Å². The molecule has 1 radical (unpaired) electrons. The van der Waals surface area contributed by atoms with Crippen LogP contribution in [0.1, 0.15) is 160 Å². The number of allylic oxidation sites excluding steroid dienone is 3. The van der Waals surface area contributed by atoms with E-state index in [4.69, 9.17) is 31.3 Å². The molecule has 2 bridgehead atoms. The maximum Gasteiger partial charge on any atom is 0.410 e. The van der Waals surface area contributed by atoms with Crippen LogP contribution in [0.2, 0.25) is 0 Å². The van der Waals surface area contributed by atoms with Gasteiger partial charge >= 0.3 is 36.3 Å². The van der Waals surface area contributed by atoms with Gasteiger partial charge in [-0.2, -0.15) is 0 Å². The quantitative estimate of drug-likeness (QED) is 0.110. The van der Waals surface area contributed by atoms with Gasteiger partial charge in [-0.1, -0.05) is 74.3 Å². The number of carboxylic acids is 1. The summed E-state index contributed by atoms with van der Waals surface area (Å²) in [5.41, 5.74) is -1.49. The summed E-state index contributed by atoms with van der Waals surface area (Å²) in [6, 6.07) is 5.68. The van der Waals surface area contributed by atoms with Crippen LogP contribution in [-0.4, -0.2) is 162 Å². The second-order valence-electron chi connectivity index (χ2n) is 27.0. The monoisotopic (exact) mass is 1490 g/mol. The van der Waals surface area contributed by atoms with E-state index < -0.39 is 118 Å². The van der Waals surface area contributed by atoms with E-state index >= 15 is 0 Å². The summed E-state index contributed by atoms with van der Waals surface area (Å²) in [5.74, 6) is -3.83. The van der Waals surface area contributed by atoms with Crippen LogP contribution in [0.5, 0.6) is 0 Å². The van der Waals surface area contributed by atoms with E-state index in [1.165, 1.54) is 31.7 Å². The van der Waals surface area contributed by atoms with Crippen molar-refractivity contribution in [2.75, 3.05) is 13.1 Å². The Morgan fingerprint density at radius 3 is 1.63 bits per heavy atom. The second-order valence-corrected chi connectivity index (χ2v) is 27.0. The molecular formula is C65H83BF2N7O15U. The molecule has 2 saturated carbocycles. The van der Waals surface area contributed by atoms with Gasteiger partial charge in [0.05, 0.1) is 46.0 Å². The minimum absolute atomic E-state index is 0. The first-order valence-corrected chi connectivity index (χ1v) is 31.2. The number of aliphatic imine (C=N–C) groups is 1. The number of aliphatic carboxylic acids is 1. The number of rotatable bonds is 5. The molecule has 1 spiro atoms. The Kier molecular flexibility index (Phi) is 21.1. The summed E-state index contributed by atoms with van der Waals surface area (Å²) in [6.45, 7) is 10.8. The molecule has 2 aromatic rings. The summed E-state index contributed by atoms with van der Waals surface area (Å²) in [6.07, 6.45) is 11.3. The van der Waals surface area contributed by atoms with Gasteiger partial charge in [-0.15, -0.1) is 0 Å². The van der Waals surface area contributed by atoms with Crippen LogP contribution >= 0.6 is 0 Å². The first-order valence-electron chi connectivity index (χ1n) is 32.3. The van der Waals surface area contributed by atoms with Crippen molar-refractivity contribution in [1.29, 1.82) is 2.67 Å².